The molecular weight excluding hydrogens is 311 g/mol. The molecule has 0 fully saturated rings. The lowest BCUT2D eigenvalue weighted by molar-refractivity contribution is 0.627. The number of aromatic nitrogens is 2. The van der Waals surface area contributed by atoms with Crippen molar-refractivity contribution in [3.05, 3.63) is 40.2 Å². The predicted octanol–water partition coefficient (Wildman–Crippen LogP) is 3.28. The highest BCUT2D eigenvalue weighted by Gasteiger charge is 2.10. The van der Waals surface area contributed by atoms with Crippen LogP contribution in [0.1, 0.15) is 19.0 Å². The third-order valence-corrected chi connectivity index (χ3v) is 3.26. The van der Waals surface area contributed by atoms with Gasteiger partial charge in [-0.2, -0.15) is 0 Å². The van der Waals surface area contributed by atoms with Crippen molar-refractivity contribution in [3.8, 4) is 11.4 Å². The fourth-order valence-corrected chi connectivity index (χ4v) is 2.28. The van der Waals surface area contributed by atoms with Crippen LogP contribution in [-0.2, 0) is 6.42 Å². The average Bonchev–Trinajstić information content (AvgIpc) is 2.38. The average molecular weight is 325 g/mol. The highest BCUT2D eigenvalue weighted by atomic mass is 79.9. The molecule has 4 nitrogen and oxygen atoms in total. The number of nitrogen functional groups attached to an aromatic ring is 1. The van der Waals surface area contributed by atoms with E-state index in [2.05, 4.69) is 38.2 Å². The molecule has 100 valence electrons. The molecule has 0 spiro atoms. The maximum atomic E-state index is 13.1. The summed E-state index contributed by atoms with van der Waals surface area (Å²) in [6.07, 6.45) is 1.81. The van der Waals surface area contributed by atoms with Crippen molar-refractivity contribution in [2.24, 2.45) is 5.84 Å². The lowest BCUT2D eigenvalue weighted by atomic mass is 10.2. The number of halogens is 2. The lowest BCUT2D eigenvalue weighted by Crippen LogP contribution is -2.10. The Hall–Kier alpha value is -1.53. The first-order valence-electron chi connectivity index (χ1n) is 5.94. The van der Waals surface area contributed by atoms with Crippen molar-refractivity contribution in [2.75, 3.05) is 5.43 Å². The van der Waals surface area contributed by atoms with E-state index in [4.69, 9.17) is 5.84 Å². The Balaban J connectivity index is 2.51. The molecule has 19 heavy (non-hydrogen) atoms. The number of nitrogens with zero attached hydrogens (tertiary/aromatic N) is 2. The number of hydrogen-bond donors (Lipinski definition) is 2. The van der Waals surface area contributed by atoms with Crippen molar-refractivity contribution >= 4 is 21.7 Å². The van der Waals surface area contributed by atoms with Crippen molar-refractivity contribution in [1.29, 1.82) is 0 Å². The first kappa shape index (κ1) is 13.9. The van der Waals surface area contributed by atoms with Gasteiger partial charge in [-0.3, -0.25) is 0 Å². The van der Waals surface area contributed by atoms with Crippen LogP contribution in [0.3, 0.4) is 0 Å². The standard InChI is InChI=1S/C13H14BrFN4/c1-2-3-9-7-12(19-16)18-13(17-9)10-5-4-8(15)6-11(10)14/h4-7H,2-3,16H2,1H3,(H,17,18,19). The predicted molar refractivity (Wildman–Crippen MR) is 76.9 cm³/mol. The molecule has 0 radical (unpaired) electrons. The molecule has 2 rings (SSSR count). The Labute approximate surface area is 119 Å². The number of rotatable bonds is 4. The zero-order valence-electron chi connectivity index (χ0n) is 10.5. The molecule has 0 unspecified atom stereocenters. The fourth-order valence-electron chi connectivity index (χ4n) is 1.75. The molecule has 0 atom stereocenters. The van der Waals surface area contributed by atoms with Crippen LogP contribution in [0.2, 0.25) is 0 Å². The summed E-state index contributed by atoms with van der Waals surface area (Å²) in [4.78, 5) is 8.77. The number of benzene rings is 1. The van der Waals surface area contributed by atoms with Crippen molar-refractivity contribution in [1.82, 2.24) is 9.97 Å². The molecular formula is C13H14BrFN4. The van der Waals surface area contributed by atoms with Crippen molar-refractivity contribution in [3.63, 3.8) is 0 Å². The maximum absolute atomic E-state index is 13.1. The van der Waals surface area contributed by atoms with Crippen molar-refractivity contribution < 1.29 is 4.39 Å². The second-order valence-corrected chi connectivity index (χ2v) is 4.94. The molecule has 0 aliphatic heterocycles. The summed E-state index contributed by atoms with van der Waals surface area (Å²) in [6.45, 7) is 2.07. The summed E-state index contributed by atoms with van der Waals surface area (Å²) in [5.74, 6) is 6.17. The lowest BCUT2D eigenvalue weighted by Gasteiger charge is -2.08. The van der Waals surface area contributed by atoms with Crippen LogP contribution in [-0.4, -0.2) is 9.97 Å². The largest absolute Gasteiger partial charge is 0.308 e. The molecule has 1 heterocycles. The summed E-state index contributed by atoms with van der Waals surface area (Å²) >= 11 is 3.32. The molecule has 2 aromatic rings. The summed E-state index contributed by atoms with van der Waals surface area (Å²) in [5.41, 5.74) is 4.16. The number of hydrogen-bond acceptors (Lipinski definition) is 4. The van der Waals surface area contributed by atoms with Gasteiger partial charge < -0.3 is 5.43 Å². The summed E-state index contributed by atoms with van der Waals surface area (Å²) in [5, 5.41) is 0. The van der Waals surface area contributed by atoms with E-state index < -0.39 is 0 Å². The Kier molecular flexibility index (Phi) is 4.44. The summed E-state index contributed by atoms with van der Waals surface area (Å²) < 4.78 is 13.7. The molecule has 3 N–H and O–H groups in total. The van der Waals surface area contributed by atoms with Crippen LogP contribution >= 0.6 is 15.9 Å². The molecule has 0 saturated carbocycles. The smallest absolute Gasteiger partial charge is 0.162 e. The minimum absolute atomic E-state index is 0.308. The molecule has 0 amide bonds. The SMILES string of the molecule is CCCc1cc(NN)nc(-c2ccc(F)cc2Br)n1. The van der Waals surface area contributed by atoms with Gasteiger partial charge in [0.2, 0.25) is 0 Å². The van der Waals surface area contributed by atoms with Gasteiger partial charge in [0.1, 0.15) is 11.6 Å². The molecule has 0 bridgehead atoms. The van der Waals surface area contributed by atoms with Gasteiger partial charge in [0.15, 0.2) is 5.82 Å². The van der Waals surface area contributed by atoms with E-state index >= 15 is 0 Å². The number of aryl methyl sites for hydroxylation is 1. The Morgan fingerprint density at radius 1 is 1.32 bits per heavy atom. The van der Waals surface area contributed by atoms with Crippen LogP contribution in [0, 0.1) is 5.82 Å². The number of anilines is 1. The van der Waals surface area contributed by atoms with E-state index in [-0.39, 0.29) is 5.82 Å². The van der Waals surface area contributed by atoms with Gasteiger partial charge in [0.05, 0.1) is 0 Å². The van der Waals surface area contributed by atoms with Gasteiger partial charge in [-0.05, 0) is 40.5 Å². The Morgan fingerprint density at radius 2 is 2.11 bits per heavy atom. The zero-order valence-corrected chi connectivity index (χ0v) is 12.0. The fraction of sp³-hybridized carbons (Fsp3) is 0.231. The number of nitrogens with two attached hydrogens (primary N) is 1. The molecule has 1 aromatic carbocycles. The second kappa shape index (κ2) is 6.08. The van der Waals surface area contributed by atoms with Gasteiger partial charge in [-0.1, -0.05) is 13.3 Å². The van der Waals surface area contributed by atoms with E-state index in [1.54, 1.807) is 6.07 Å². The normalized spacial score (nSPS) is 10.5. The van der Waals surface area contributed by atoms with Crippen LogP contribution in [0.25, 0.3) is 11.4 Å². The van der Waals surface area contributed by atoms with E-state index in [0.717, 1.165) is 24.1 Å². The number of hydrazine groups is 1. The van der Waals surface area contributed by atoms with Gasteiger partial charge in [0, 0.05) is 21.8 Å². The van der Waals surface area contributed by atoms with Gasteiger partial charge in [0.25, 0.3) is 0 Å². The third kappa shape index (κ3) is 3.27. The Morgan fingerprint density at radius 3 is 2.74 bits per heavy atom. The molecule has 6 heteroatoms. The van der Waals surface area contributed by atoms with E-state index in [9.17, 15) is 4.39 Å². The molecule has 0 aliphatic rings. The van der Waals surface area contributed by atoms with Crippen LogP contribution in [0.5, 0.6) is 0 Å². The molecule has 0 aliphatic carbocycles. The Bertz CT molecular complexity index is 589. The van der Waals surface area contributed by atoms with E-state index in [1.807, 2.05) is 6.07 Å². The van der Waals surface area contributed by atoms with Gasteiger partial charge >= 0.3 is 0 Å². The molecule has 0 saturated heterocycles. The number of nitrogens with one attached hydrogen (secondary N) is 1. The monoisotopic (exact) mass is 324 g/mol. The third-order valence-electron chi connectivity index (χ3n) is 2.61. The topological polar surface area (TPSA) is 63.8 Å². The van der Waals surface area contributed by atoms with Crippen LogP contribution < -0.4 is 11.3 Å². The summed E-state index contributed by atoms with van der Waals surface area (Å²) in [6, 6.07) is 6.22. The van der Waals surface area contributed by atoms with Crippen molar-refractivity contribution in [2.45, 2.75) is 19.8 Å². The van der Waals surface area contributed by atoms with Gasteiger partial charge in [-0.15, -0.1) is 0 Å². The van der Waals surface area contributed by atoms with E-state index in [1.165, 1.54) is 12.1 Å². The van der Waals surface area contributed by atoms with E-state index in [0.29, 0.717) is 16.1 Å². The molecule has 1 aromatic heterocycles. The van der Waals surface area contributed by atoms with Crippen LogP contribution in [0.4, 0.5) is 10.2 Å². The first-order valence-corrected chi connectivity index (χ1v) is 6.73. The van der Waals surface area contributed by atoms with Crippen LogP contribution in [0.15, 0.2) is 28.7 Å². The highest BCUT2D eigenvalue weighted by Crippen LogP contribution is 2.27. The first-order chi connectivity index (χ1) is 9.13. The highest BCUT2D eigenvalue weighted by molar-refractivity contribution is 9.10. The minimum Gasteiger partial charge on any atom is -0.308 e. The maximum Gasteiger partial charge on any atom is 0.162 e. The minimum atomic E-state index is -0.308. The second-order valence-electron chi connectivity index (χ2n) is 4.09. The van der Waals surface area contributed by atoms with Gasteiger partial charge in [-0.25, -0.2) is 20.2 Å². The zero-order chi connectivity index (χ0) is 13.8. The quantitative estimate of drug-likeness (QED) is 0.669. The summed E-state index contributed by atoms with van der Waals surface area (Å²) in [7, 11) is 0.